The number of rotatable bonds is 5. The van der Waals surface area contributed by atoms with Crippen LogP contribution in [0.2, 0.25) is 0 Å². The van der Waals surface area contributed by atoms with E-state index < -0.39 is 0 Å². The van der Waals surface area contributed by atoms with Gasteiger partial charge in [-0.1, -0.05) is 48.5 Å². The van der Waals surface area contributed by atoms with Crippen molar-refractivity contribution in [3.05, 3.63) is 78.0 Å². The van der Waals surface area contributed by atoms with Gasteiger partial charge in [-0.15, -0.1) is 0 Å². The lowest BCUT2D eigenvalue weighted by molar-refractivity contribution is -0.153. The summed E-state index contributed by atoms with van der Waals surface area (Å²) in [6, 6.07) is 22.1. The van der Waals surface area contributed by atoms with Gasteiger partial charge in [-0.2, -0.15) is 0 Å². The summed E-state index contributed by atoms with van der Waals surface area (Å²) in [6.45, 7) is 1.39. The van der Waals surface area contributed by atoms with E-state index in [0.717, 1.165) is 56.9 Å². The molecule has 4 nitrogen and oxygen atoms in total. The third-order valence-corrected chi connectivity index (χ3v) is 8.60. The number of carbonyl (C=O) groups is 1. The van der Waals surface area contributed by atoms with Crippen molar-refractivity contribution in [1.82, 2.24) is 9.88 Å². The van der Waals surface area contributed by atoms with Gasteiger partial charge in [0.05, 0.1) is 10.9 Å². The Morgan fingerprint density at radius 3 is 2.47 bits per heavy atom. The Balaban J connectivity index is 1.21. The van der Waals surface area contributed by atoms with Crippen molar-refractivity contribution in [3.63, 3.8) is 0 Å². The summed E-state index contributed by atoms with van der Waals surface area (Å²) < 4.78 is 5.71. The third-order valence-electron chi connectivity index (χ3n) is 8.60. The number of carbonyl (C=O) groups excluding carboxylic acids is 1. The Hall–Kier alpha value is -2.72. The Kier molecular flexibility index (Phi) is 5.86. The fourth-order valence-electron chi connectivity index (χ4n) is 6.93. The van der Waals surface area contributed by atoms with E-state index in [1.165, 1.54) is 16.5 Å². The quantitative estimate of drug-likeness (QED) is 0.505. The number of pyridine rings is 1. The van der Waals surface area contributed by atoms with Crippen LogP contribution < -0.4 is 0 Å². The van der Waals surface area contributed by atoms with Crippen LogP contribution >= 0.6 is 0 Å². The zero-order valence-electron chi connectivity index (χ0n) is 19.9. The zero-order chi connectivity index (χ0) is 23.0. The molecule has 34 heavy (non-hydrogen) atoms. The van der Waals surface area contributed by atoms with Gasteiger partial charge in [-0.05, 0) is 80.5 Å². The van der Waals surface area contributed by atoms with Crippen molar-refractivity contribution in [3.8, 4) is 0 Å². The van der Waals surface area contributed by atoms with Gasteiger partial charge in [0.25, 0.3) is 0 Å². The van der Waals surface area contributed by atoms with Crippen LogP contribution in [-0.4, -0.2) is 41.1 Å². The first kappa shape index (κ1) is 21.8. The molecule has 1 amide bonds. The van der Waals surface area contributed by atoms with Crippen LogP contribution in [0.5, 0.6) is 0 Å². The average Bonchev–Trinajstić information content (AvgIpc) is 3.14. The number of nitrogens with zero attached hydrogens (tertiary/aromatic N) is 2. The summed E-state index contributed by atoms with van der Waals surface area (Å²) in [6.07, 6.45) is 10.0. The molecule has 0 saturated carbocycles. The Labute approximate surface area is 202 Å². The van der Waals surface area contributed by atoms with Crippen molar-refractivity contribution in [2.75, 3.05) is 13.2 Å². The molecule has 3 saturated heterocycles. The van der Waals surface area contributed by atoms with Crippen molar-refractivity contribution in [2.24, 2.45) is 11.3 Å². The number of piperidine rings is 1. The molecule has 2 unspecified atom stereocenters. The van der Waals surface area contributed by atoms with E-state index in [-0.39, 0.29) is 5.41 Å². The summed E-state index contributed by atoms with van der Waals surface area (Å²) in [5.41, 5.74) is 3.44. The smallest absolute Gasteiger partial charge is 0.229 e. The lowest BCUT2D eigenvalue weighted by Crippen LogP contribution is -2.55. The monoisotopic (exact) mass is 454 g/mol. The number of fused-ring (bicyclic) bond motifs is 3. The van der Waals surface area contributed by atoms with Gasteiger partial charge < -0.3 is 9.64 Å². The minimum Gasteiger partial charge on any atom is -0.381 e. The molecule has 0 aliphatic carbocycles. The van der Waals surface area contributed by atoms with Gasteiger partial charge in [-0.25, -0.2) is 0 Å². The van der Waals surface area contributed by atoms with Gasteiger partial charge in [0.1, 0.15) is 0 Å². The molecule has 4 heteroatoms. The van der Waals surface area contributed by atoms with E-state index in [9.17, 15) is 4.79 Å². The predicted octanol–water partition coefficient (Wildman–Crippen LogP) is 5.59. The topological polar surface area (TPSA) is 42.4 Å². The number of ether oxygens (including phenoxy) is 1. The maximum absolute atomic E-state index is 14.2. The van der Waals surface area contributed by atoms with E-state index in [0.29, 0.717) is 37.1 Å². The van der Waals surface area contributed by atoms with Gasteiger partial charge in [0.15, 0.2) is 0 Å². The summed E-state index contributed by atoms with van der Waals surface area (Å²) in [5.74, 6) is 1.03. The number of hydrogen-bond donors (Lipinski definition) is 0. The number of hydrogen-bond acceptors (Lipinski definition) is 3. The fourth-order valence-corrected chi connectivity index (χ4v) is 6.93. The molecule has 0 radical (unpaired) electrons. The van der Waals surface area contributed by atoms with E-state index in [1.54, 1.807) is 0 Å². The summed E-state index contributed by atoms with van der Waals surface area (Å²) >= 11 is 0. The lowest BCUT2D eigenvalue weighted by atomic mass is 9.73. The van der Waals surface area contributed by atoms with Crippen LogP contribution in [0.15, 0.2) is 66.9 Å². The Bertz CT molecular complexity index is 1140. The maximum Gasteiger partial charge on any atom is 0.229 e. The molecule has 3 aliphatic rings. The van der Waals surface area contributed by atoms with Gasteiger partial charge in [0.2, 0.25) is 5.91 Å². The molecular formula is C30H34N2O2. The maximum atomic E-state index is 14.2. The van der Waals surface area contributed by atoms with E-state index in [1.807, 2.05) is 12.3 Å². The van der Waals surface area contributed by atoms with Gasteiger partial charge >= 0.3 is 0 Å². The minimum atomic E-state index is -0.311. The van der Waals surface area contributed by atoms with Crippen LogP contribution in [-0.2, 0) is 22.4 Å². The first-order valence-electron chi connectivity index (χ1n) is 13.0. The average molecular weight is 455 g/mol. The first-order chi connectivity index (χ1) is 16.7. The predicted molar refractivity (Wildman–Crippen MR) is 134 cm³/mol. The lowest BCUT2D eigenvalue weighted by Gasteiger charge is -2.46. The van der Waals surface area contributed by atoms with E-state index in [2.05, 4.69) is 64.5 Å². The molecule has 3 aromatic rings. The molecular weight excluding hydrogens is 420 g/mol. The highest BCUT2D eigenvalue weighted by atomic mass is 16.5. The van der Waals surface area contributed by atoms with Crippen molar-refractivity contribution < 1.29 is 9.53 Å². The SMILES string of the molecule is O=C(N1C2CCC1CC(Cc1cccc3ncccc13)C2)C1(Cc2ccccc2)CCOCC1. The van der Waals surface area contributed by atoms with E-state index >= 15 is 0 Å². The highest BCUT2D eigenvalue weighted by Gasteiger charge is 2.50. The summed E-state index contributed by atoms with van der Waals surface area (Å²) in [7, 11) is 0. The minimum absolute atomic E-state index is 0.311. The van der Waals surface area contributed by atoms with Crippen LogP contribution in [0.1, 0.15) is 49.7 Å². The largest absolute Gasteiger partial charge is 0.381 e. The van der Waals surface area contributed by atoms with E-state index in [4.69, 9.17) is 4.74 Å². The molecule has 0 spiro atoms. The van der Waals surface area contributed by atoms with Gasteiger partial charge in [0, 0.05) is 36.9 Å². The number of amides is 1. The molecule has 2 aromatic carbocycles. The molecule has 3 fully saturated rings. The number of benzene rings is 2. The standard InChI is InChI=1S/C30H34N2O2/c33-29(30(13-16-34-17-14-30)21-22-6-2-1-3-7-22)32-25-11-12-26(32)20-23(19-25)18-24-8-4-10-28-27(24)9-5-15-31-28/h1-10,15,23,25-26H,11-14,16-21H2. The molecule has 2 bridgehead atoms. The summed E-state index contributed by atoms with van der Waals surface area (Å²) in [4.78, 5) is 21.1. The molecule has 3 aliphatic heterocycles. The first-order valence-corrected chi connectivity index (χ1v) is 13.0. The van der Waals surface area contributed by atoms with Crippen LogP contribution in [0, 0.1) is 11.3 Å². The fraction of sp³-hybridized carbons (Fsp3) is 0.467. The molecule has 4 heterocycles. The second-order valence-corrected chi connectivity index (χ2v) is 10.7. The highest BCUT2D eigenvalue weighted by Crippen LogP contribution is 2.45. The van der Waals surface area contributed by atoms with Crippen LogP contribution in [0.4, 0.5) is 0 Å². The second kappa shape index (κ2) is 9.14. The summed E-state index contributed by atoms with van der Waals surface area (Å²) in [5, 5.41) is 1.28. The molecule has 2 atom stereocenters. The Morgan fingerprint density at radius 2 is 1.71 bits per heavy atom. The van der Waals surface area contributed by atoms with Crippen LogP contribution in [0.25, 0.3) is 10.9 Å². The second-order valence-electron chi connectivity index (χ2n) is 10.7. The highest BCUT2D eigenvalue weighted by molar-refractivity contribution is 5.84. The number of aromatic nitrogens is 1. The molecule has 0 N–H and O–H groups in total. The zero-order valence-corrected chi connectivity index (χ0v) is 19.9. The van der Waals surface area contributed by atoms with Crippen molar-refractivity contribution in [2.45, 2.75) is 63.5 Å². The van der Waals surface area contributed by atoms with Crippen molar-refractivity contribution >= 4 is 16.8 Å². The van der Waals surface area contributed by atoms with Crippen molar-refractivity contribution in [1.29, 1.82) is 0 Å². The third kappa shape index (κ3) is 4.02. The Morgan fingerprint density at radius 1 is 0.941 bits per heavy atom. The van der Waals surface area contributed by atoms with Gasteiger partial charge in [-0.3, -0.25) is 9.78 Å². The van der Waals surface area contributed by atoms with Crippen LogP contribution in [0.3, 0.4) is 0 Å². The normalized spacial score (nSPS) is 26.0. The molecule has 1 aromatic heterocycles. The molecule has 6 rings (SSSR count). The molecule has 176 valence electrons.